The molecular weight excluding hydrogens is 374 g/mol. The van der Waals surface area contributed by atoms with Crippen molar-refractivity contribution in [2.45, 2.75) is 67.3 Å². The molecule has 0 radical (unpaired) electrons. The second-order valence-corrected chi connectivity index (χ2v) is 6.66. The summed E-state index contributed by atoms with van der Waals surface area (Å²) in [4.78, 5) is 11.5. The molecule has 10 N–H and O–H groups in total. The van der Waals surface area contributed by atoms with Crippen LogP contribution in [0.25, 0.3) is 0 Å². The van der Waals surface area contributed by atoms with E-state index in [1.807, 2.05) is 5.32 Å². The van der Waals surface area contributed by atoms with Gasteiger partial charge in [0.05, 0.1) is 13.2 Å². The number of aliphatic hydroxyl groups is 9. The maximum absolute atomic E-state index is 11.5. The monoisotopic (exact) mass is 399 g/mol. The van der Waals surface area contributed by atoms with Crippen LogP contribution in [0.1, 0.15) is 6.92 Å². The number of carbonyl (C=O) groups is 1. The highest BCUT2D eigenvalue weighted by Gasteiger charge is 2.71. The standard InChI is InChI=1S/C14H25NO12/c1-4(18)15-11-9(21)7(19)5(2-16)26-13(11,24)14(25)12(23)10(22)8(20)6(3-17)27-14/h5-12,16-17,19-25H,2-3H2,1H3,(H,15,18)/t5-,6-,7+,8-,9+,10+,11-,12-,13?,14?/m1/s1. The van der Waals surface area contributed by atoms with Crippen molar-refractivity contribution in [3.05, 3.63) is 0 Å². The van der Waals surface area contributed by atoms with Gasteiger partial charge in [-0.15, -0.1) is 0 Å². The largest absolute Gasteiger partial charge is 0.394 e. The molecule has 0 aromatic carbocycles. The van der Waals surface area contributed by atoms with Crippen LogP contribution >= 0.6 is 0 Å². The average Bonchev–Trinajstić information content (AvgIpc) is 2.62. The molecule has 0 aromatic heterocycles. The van der Waals surface area contributed by atoms with Crippen molar-refractivity contribution >= 4 is 5.91 Å². The van der Waals surface area contributed by atoms with Gasteiger partial charge in [-0.1, -0.05) is 0 Å². The summed E-state index contributed by atoms with van der Waals surface area (Å²) in [5.41, 5.74) is 0. The Morgan fingerprint density at radius 1 is 0.852 bits per heavy atom. The Morgan fingerprint density at radius 3 is 1.74 bits per heavy atom. The van der Waals surface area contributed by atoms with E-state index in [2.05, 4.69) is 0 Å². The number of amides is 1. The molecule has 2 aliphatic rings. The predicted molar refractivity (Wildman–Crippen MR) is 81.5 cm³/mol. The summed E-state index contributed by atoms with van der Waals surface area (Å²) in [5, 5.41) is 92.7. The first-order valence-corrected chi connectivity index (χ1v) is 8.14. The molecule has 2 unspecified atom stereocenters. The molecule has 0 aromatic rings. The summed E-state index contributed by atoms with van der Waals surface area (Å²) in [5.74, 6) is -7.37. The van der Waals surface area contributed by atoms with Gasteiger partial charge in [-0.2, -0.15) is 0 Å². The highest BCUT2D eigenvalue weighted by molar-refractivity contribution is 5.73. The Labute approximate surface area is 153 Å². The van der Waals surface area contributed by atoms with E-state index in [4.69, 9.17) is 9.47 Å². The molecule has 0 aliphatic carbocycles. The minimum Gasteiger partial charge on any atom is -0.394 e. The molecule has 1 amide bonds. The van der Waals surface area contributed by atoms with E-state index in [-0.39, 0.29) is 0 Å². The molecule has 158 valence electrons. The fourth-order valence-corrected chi connectivity index (χ4v) is 3.33. The van der Waals surface area contributed by atoms with E-state index in [0.29, 0.717) is 0 Å². The van der Waals surface area contributed by atoms with Crippen LogP contribution in [0.3, 0.4) is 0 Å². The lowest BCUT2D eigenvalue weighted by Gasteiger charge is -2.57. The number of carbonyl (C=O) groups excluding carboxylic acids is 1. The molecule has 0 spiro atoms. The van der Waals surface area contributed by atoms with Crippen molar-refractivity contribution in [3.63, 3.8) is 0 Å². The van der Waals surface area contributed by atoms with Crippen LogP contribution in [-0.2, 0) is 14.3 Å². The average molecular weight is 399 g/mol. The Kier molecular flexibility index (Phi) is 6.45. The van der Waals surface area contributed by atoms with Gasteiger partial charge in [0.25, 0.3) is 5.79 Å². The van der Waals surface area contributed by atoms with Gasteiger partial charge in [0.15, 0.2) is 0 Å². The summed E-state index contributed by atoms with van der Waals surface area (Å²) < 4.78 is 10.1. The van der Waals surface area contributed by atoms with Gasteiger partial charge in [0, 0.05) is 6.92 Å². The zero-order chi connectivity index (χ0) is 20.7. The van der Waals surface area contributed by atoms with Gasteiger partial charge in [-0.05, 0) is 0 Å². The second kappa shape index (κ2) is 7.81. The van der Waals surface area contributed by atoms with Crippen LogP contribution in [0.4, 0.5) is 0 Å². The lowest BCUT2D eigenvalue weighted by molar-refractivity contribution is -0.477. The zero-order valence-corrected chi connectivity index (χ0v) is 14.3. The van der Waals surface area contributed by atoms with Crippen LogP contribution in [0.15, 0.2) is 0 Å². The van der Waals surface area contributed by atoms with Crippen molar-refractivity contribution in [1.82, 2.24) is 5.32 Å². The molecule has 2 rings (SSSR count). The summed E-state index contributed by atoms with van der Waals surface area (Å²) in [6.45, 7) is -0.925. The van der Waals surface area contributed by atoms with E-state index in [9.17, 15) is 50.8 Å². The number of aliphatic hydroxyl groups excluding tert-OH is 7. The first kappa shape index (κ1) is 22.3. The maximum atomic E-state index is 11.5. The smallest absolute Gasteiger partial charge is 0.253 e. The van der Waals surface area contributed by atoms with Gasteiger partial charge in [0.1, 0.15) is 48.8 Å². The van der Waals surface area contributed by atoms with Gasteiger partial charge in [-0.25, -0.2) is 0 Å². The van der Waals surface area contributed by atoms with Crippen LogP contribution in [0.5, 0.6) is 0 Å². The number of ether oxygens (including phenoxy) is 2. The van der Waals surface area contributed by atoms with Gasteiger partial charge in [0.2, 0.25) is 11.7 Å². The quantitative estimate of drug-likeness (QED) is 0.213. The van der Waals surface area contributed by atoms with E-state index >= 15 is 0 Å². The SMILES string of the molecule is CC(=O)N[C@@H]1[C@@H](O)[C@@H](O)[C@@H](CO)OC1(O)C1(O)O[C@H](CO)[C@@H](O)[C@H](O)[C@H]1O. The molecule has 0 bridgehead atoms. The van der Waals surface area contributed by atoms with E-state index in [1.54, 1.807) is 0 Å². The fraction of sp³-hybridized carbons (Fsp3) is 0.929. The van der Waals surface area contributed by atoms with Crippen LogP contribution in [0.2, 0.25) is 0 Å². The molecule has 13 heteroatoms. The highest BCUT2D eigenvalue weighted by atomic mass is 16.7. The van der Waals surface area contributed by atoms with Gasteiger partial charge >= 0.3 is 0 Å². The van der Waals surface area contributed by atoms with Crippen molar-refractivity contribution in [2.24, 2.45) is 0 Å². The summed E-state index contributed by atoms with van der Waals surface area (Å²) in [6.07, 6.45) is -13.7. The van der Waals surface area contributed by atoms with Gasteiger partial charge < -0.3 is 60.7 Å². The minimum absolute atomic E-state index is 0.844. The Balaban J connectivity index is 2.55. The third kappa shape index (κ3) is 3.45. The summed E-state index contributed by atoms with van der Waals surface area (Å²) >= 11 is 0. The molecule has 0 saturated carbocycles. The highest BCUT2D eigenvalue weighted by Crippen LogP contribution is 2.43. The zero-order valence-electron chi connectivity index (χ0n) is 14.3. The topological polar surface area (TPSA) is 230 Å². The van der Waals surface area contributed by atoms with Gasteiger partial charge in [-0.3, -0.25) is 4.79 Å². The molecule has 2 fully saturated rings. The third-order valence-corrected chi connectivity index (χ3v) is 4.84. The summed E-state index contributed by atoms with van der Waals surface area (Å²) in [7, 11) is 0. The Morgan fingerprint density at radius 2 is 1.30 bits per heavy atom. The van der Waals surface area contributed by atoms with Crippen LogP contribution < -0.4 is 5.32 Å². The summed E-state index contributed by atoms with van der Waals surface area (Å²) in [6, 6.07) is -2.01. The molecule has 27 heavy (non-hydrogen) atoms. The van der Waals surface area contributed by atoms with Crippen LogP contribution in [-0.4, -0.2) is 125 Å². The third-order valence-electron chi connectivity index (χ3n) is 4.84. The van der Waals surface area contributed by atoms with Crippen molar-refractivity contribution < 1.29 is 60.2 Å². The molecular formula is C14H25NO12. The van der Waals surface area contributed by atoms with E-state index < -0.39 is 79.5 Å². The second-order valence-electron chi connectivity index (χ2n) is 6.66. The normalized spacial score (nSPS) is 51.0. The van der Waals surface area contributed by atoms with Crippen molar-refractivity contribution in [1.29, 1.82) is 0 Å². The fourth-order valence-electron chi connectivity index (χ4n) is 3.33. The van der Waals surface area contributed by atoms with E-state index in [0.717, 1.165) is 6.92 Å². The first-order valence-electron chi connectivity index (χ1n) is 8.14. The van der Waals surface area contributed by atoms with Crippen molar-refractivity contribution in [3.8, 4) is 0 Å². The Bertz CT molecular complexity index is 548. The number of hydrogen-bond acceptors (Lipinski definition) is 12. The lowest BCUT2D eigenvalue weighted by Crippen LogP contribution is -2.83. The Hall–Kier alpha value is -0.970. The maximum Gasteiger partial charge on any atom is 0.253 e. The minimum atomic E-state index is -3.30. The number of rotatable bonds is 4. The first-order chi connectivity index (χ1) is 12.4. The predicted octanol–water partition coefficient (Wildman–Crippen LogP) is -6.54. The number of hydrogen-bond donors (Lipinski definition) is 10. The van der Waals surface area contributed by atoms with Crippen molar-refractivity contribution in [2.75, 3.05) is 13.2 Å². The molecule has 10 atom stereocenters. The molecule has 2 saturated heterocycles. The lowest BCUT2D eigenvalue weighted by atomic mass is 9.79. The van der Waals surface area contributed by atoms with E-state index in [1.165, 1.54) is 0 Å². The molecule has 13 nitrogen and oxygen atoms in total. The number of nitrogens with one attached hydrogen (secondary N) is 1. The molecule has 2 aliphatic heterocycles. The van der Waals surface area contributed by atoms with Crippen LogP contribution in [0, 0.1) is 0 Å². The molecule has 2 heterocycles.